The number of anilines is 2. The molecule has 0 aliphatic rings. The van der Waals surface area contributed by atoms with Crippen molar-refractivity contribution >= 4 is 50.1 Å². The number of carboxylic acid groups (broad SMARTS) is 1. The highest BCUT2D eigenvalue weighted by Crippen LogP contribution is 2.31. The summed E-state index contributed by atoms with van der Waals surface area (Å²) < 4.78 is 26.0. The van der Waals surface area contributed by atoms with E-state index in [4.69, 9.17) is 11.6 Å². The number of imidazole rings is 1. The zero-order chi connectivity index (χ0) is 22.2. The molecule has 0 unspecified atom stereocenters. The first kappa shape index (κ1) is 20.9. The molecule has 3 aromatic carbocycles. The van der Waals surface area contributed by atoms with Gasteiger partial charge in [0, 0.05) is 0 Å². The SMILES string of the molecule is Cc1cccc(Nc2nc3ccc(S(=O)(=O)Cc4ccccc4)c(C(=O)O)c3[nH]2)c1Cl. The average Bonchev–Trinajstić information content (AvgIpc) is 3.13. The van der Waals surface area contributed by atoms with Gasteiger partial charge in [-0.15, -0.1) is 0 Å². The number of fused-ring (bicyclic) bond motifs is 1. The molecule has 158 valence electrons. The van der Waals surface area contributed by atoms with Crippen LogP contribution in [0.25, 0.3) is 11.0 Å². The van der Waals surface area contributed by atoms with E-state index in [-0.39, 0.29) is 27.7 Å². The van der Waals surface area contributed by atoms with Crippen molar-refractivity contribution in [2.45, 2.75) is 17.6 Å². The number of hydrogen-bond acceptors (Lipinski definition) is 5. The van der Waals surface area contributed by atoms with Crippen LogP contribution in [0.15, 0.2) is 65.6 Å². The van der Waals surface area contributed by atoms with Crippen LogP contribution in [-0.4, -0.2) is 29.5 Å². The molecule has 0 fully saturated rings. The third-order valence-corrected chi connectivity index (χ3v) is 7.04. The lowest BCUT2D eigenvalue weighted by Gasteiger charge is -2.09. The molecule has 0 radical (unpaired) electrons. The number of hydrogen-bond donors (Lipinski definition) is 3. The van der Waals surface area contributed by atoms with Gasteiger partial charge in [0.25, 0.3) is 0 Å². The Morgan fingerprint density at radius 1 is 1.10 bits per heavy atom. The van der Waals surface area contributed by atoms with Crippen LogP contribution in [0.2, 0.25) is 5.02 Å². The number of H-pyrrole nitrogens is 1. The van der Waals surface area contributed by atoms with Crippen LogP contribution in [0, 0.1) is 6.92 Å². The van der Waals surface area contributed by atoms with E-state index in [9.17, 15) is 18.3 Å². The number of aromatic nitrogens is 2. The van der Waals surface area contributed by atoms with E-state index in [1.165, 1.54) is 12.1 Å². The molecule has 0 aliphatic heterocycles. The van der Waals surface area contributed by atoms with Crippen LogP contribution in [0.3, 0.4) is 0 Å². The number of carbonyl (C=O) groups is 1. The number of aromatic amines is 1. The van der Waals surface area contributed by atoms with Gasteiger partial charge in [0.15, 0.2) is 9.84 Å². The standard InChI is InChI=1S/C22H18ClN3O4S/c1-13-6-5-9-15(19(13)23)24-22-25-16-10-11-17(18(21(27)28)20(16)26-22)31(29,30)12-14-7-3-2-4-8-14/h2-11H,12H2,1H3,(H,27,28)(H2,24,25,26). The summed E-state index contributed by atoms with van der Waals surface area (Å²) in [4.78, 5) is 19.0. The van der Waals surface area contributed by atoms with Crippen molar-refractivity contribution in [3.8, 4) is 0 Å². The maximum Gasteiger partial charge on any atom is 0.339 e. The van der Waals surface area contributed by atoms with Gasteiger partial charge in [0.1, 0.15) is 5.56 Å². The van der Waals surface area contributed by atoms with E-state index in [2.05, 4.69) is 15.3 Å². The molecule has 3 N–H and O–H groups in total. The lowest BCUT2D eigenvalue weighted by molar-refractivity contribution is 0.0694. The molecule has 4 aromatic rings. The molecule has 0 saturated heterocycles. The van der Waals surface area contributed by atoms with E-state index >= 15 is 0 Å². The highest BCUT2D eigenvalue weighted by atomic mass is 35.5. The second-order valence-corrected chi connectivity index (χ2v) is 9.37. The lowest BCUT2D eigenvalue weighted by Crippen LogP contribution is -2.12. The number of sulfone groups is 1. The molecule has 31 heavy (non-hydrogen) atoms. The van der Waals surface area contributed by atoms with Crippen molar-refractivity contribution in [3.63, 3.8) is 0 Å². The summed E-state index contributed by atoms with van der Waals surface area (Å²) in [5.74, 6) is -1.42. The van der Waals surface area contributed by atoms with Crippen molar-refractivity contribution in [2.75, 3.05) is 5.32 Å². The number of nitrogens with zero attached hydrogens (tertiary/aromatic N) is 1. The minimum atomic E-state index is -3.91. The van der Waals surface area contributed by atoms with Crippen molar-refractivity contribution < 1.29 is 18.3 Å². The molecule has 0 atom stereocenters. The number of aromatic carboxylic acids is 1. The first-order valence-electron chi connectivity index (χ1n) is 9.31. The maximum absolute atomic E-state index is 13.0. The molecule has 9 heteroatoms. The first-order chi connectivity index (χ1) is 14.8. The van der Waals surface area contributed by atoms with Gasteiger partial charge in [-0.3, -0.25) is 0 Å². The van der Waals surface area contributed by atoms with Gasteiger partial charge in [-0.05, 0) is 36.2 Å². The van der Waals surface area contributed by atoms with Crippen LogP contribution in [0.5, 0.6) is 0 Å². The van der Waals surface area contributed by atoms with Crippen LogP contribution < -0.4 is 5.32 Å². The molecule has 0 aliphatic carbocycles. The van der Waals surface area contributed by atoms with E-state index in [0.29, 0.717) is 21.8 Å². The minimum absolute atomic E-state index is 0.118. The molecule has 1 aromatic heterocycles. The smallest absolute Gasteiger partial charge is 0.339 e. The summed E-state index contributed by atoms with van der Waals surface area (Å²) in [6.45, 7) is 1.86. The molecule has 0 amide bonds. The number of benzene rings is 3. The predicted molar refractivity (Wildman–Crippen MR) is 120 cm³/mol. The zero-order valence-corrected chi connectivity index (χ0v) is 18.0. The second kappa shape index (κ2) is 8.05. The number of carboxylic acids is 1. The Kier molecular flexibility index (Phi) is 5.43. The van der Waals surface area contributed by atoms with E-state index < -0.39 is 15.8 Å². The molecular weight excluding hydrogens is 438 g/mol. The normalized spacial score (nSPS) is 11.5. The van der Waals surface area contributed by atoms with Crippen LogP contribution in [0.1, 0.15) is 21.5 Å². The molecule has 0 saturated carbocycles. The Morgan fingerprint density at radius 3 is 2.55 bits per heavy atom. The topological polar surface area (TPSA) is 112 Å². The first-order valence-corrected chi connectivity index (χ1v) is 11.3. The van der Waals surface area contributed by atoms with Crippen LogP contribution >= 0.6 is 11.6 Å². The summed E-state index contributed by atoms with van der Waals surface area (Å²) in [5, 5.41) is 13.4. The van der Waals surface area contributed by atoms with Crippen LogP contribution in [-0.2, 0) is 15.6 Å². The van der Waals surface area contributed by atoms with Crippen molar-refractivity contribution in [2.24, 2.45) is 0 Å². The summed E-state index contributed by atoms with van der Waals surface area (Å²) in [6, 6.07) is 16.8. The molecule has 4 rings (SSSR count). The number of halogens is 1. The highest BCUT2D eigenvalue weighted by Gasteiger charge is 2.26. The Morgan fingerprint density at radius 2 is 1.84 bits per heavy atom. The average molecular weight is 456 g/mol. The molecule has 7 nitrogen and oxygen atoms in total. The third-order valence-electron chi connectivity index (χ3n) is 4.81. The van der Waals surface area contributed by atoms with Gasteiger partial charge in [0.2, 0.25) is 5.95 Å². The summed E-state index contributed by atoms with van der Waals surface area (Å²) >= 11 is 6.31. The van der Waals surface area contributed by atoms with Crippen molar-refractivity contribution in [1.82, 2.24) is 9.97 Å². The van der Waals surface area contributed by atoms with Gasteiger partial charge in [0.05, 0.1) is 32.4 Å². The molecule has 0 spiro atoms. The monoisotopic (exact) mass is 455 g/mol. The fourth-order valence-electron chi connectivity index (χ4n) is 3.33. The Balaban J connectivity index is 1.79. The number of aryl methyl sites for hydroxylation is 1. The Bertz CT molecular complexity index is 1400. The Labute approximate surface area is 183 Å². The van der Waals surface area contributed by atoms with Gasteiger partial charge in [-0.2, -0.15) is 0 Å². The highest BCUT2D eigenvalue weighted by molar-refractivity contribution is 7.90. The summed E-state index contributed by atoms with van der Waals surface area (Å²) in [5.41, 5.74) is 2.12. The number of nitrogens with one attached hydrogen (secondary N) is 2. The molecule has 0 bridgehead atoms. The van der Waals surface area contributed by atoms with Crippen LogP contribution in [0.4, 0.5) is 11.6 Å². The van der Waals surface area contributed by atoms with Gasteiger partial charge < -0.3 is 15.4 Å². The quantitative estimate of drug-likeness (QED) is 0.379. The van der Waals surface area contributed by atoms with E-state index in [1.807, 2.05) is 19.1 Å². The fourth-order valence-corrected chi connectivity index (χ4v) is 5.07. The largest absolute Gasteiger partial charge is 0.478 e. The lowest BCUT2D eigenvalue weighted by atomic mass is 10.2. The summed E-state index contributed by atoms with van der Waals surface area (Å²) in [7, 11) is -3.91. The zero-order valence-electron chi connectivity index (χ0n) is 16.4. The third kappa shape index (κ3) is 4.12. The van der Waals surface area contributed by atoms with Gasteiger partial charge >= 0.3 is 5.97 Å². The van der Waals surface area contributed by atoms with Gasteiger partial charge in [-0.25, -0.2) is 18.2 Å². The molecule has 1 heterocycles. The minimum Gasteiger partial charge on any atom is -0.478 e. The Hall–Kier alpha value is -3.36. The maximum atomic E-state index is 13.0. The second-order valence-electron chi connectivity index (χ2n) is 7.03. The van der Waals surface area contributed by atoms with Crippen molar-refractivity contribution in [1.29, 1.82) is 0 Å². The summed E-state index contributed by atoms with van der Waals surface area (Å²) in [6.07, 6.45) is 0. The van der Waals surface area contributed by atoms with E-state index in [1.54, 1.807) is 36.4 Å². The molecular formula is C22H18ClN3O4S. The fraction of sp³-hybridized carbons (Fsp3) is 0.0909. The van der Waals surface area contributed by atoms with Gasteiger partial charge in [-0.1, -0.05) is 54.1 Å². The number of rotatable bonds is 6. The van der Waals surface area contributed by atoms with E-state index in [0.717, 1.165) is 5.56 Å². The predicted octanol–water partition coefficient (Wildman–Crippen LogP) is 4.94. The van der Waals surface area contributed by atoms with Crippen molar-refractivity contribution in [3.05, 3.63) is 82.4 Å².